The number of rotatable bonds is 3. The summed E-state index contributed by atoms with van der Waals surface area (Å²) in [7, 11) is 0. The first-order valence-electron chi connectivity index (χ1n) is 4.11. The molecule has 0 saturated carbocycles. The fourth-order valence-electron chi connectivity index (χ4n) is 1.07. The number of hydrogen-bond donors (Lipinski definition) is 1. The van der Waals surface area contributed by atoms with Gasteiger partial charge >= 0.3 is 0 Å². The zero-order valence-electron chi connectivity index (χ0n) is 7.13. The van der Waals surface area contributed by atoms with Gasteiger partial charge in [-0.3, -0.25) is 0 Å². The molecule has 0 saturated heterocycles. The first-order chi connectivity index (χ1) is 5.68. The first-order valence-corrected chi connectivity index (χ1v) is 4.49. The zero-order chi connectivity index (χ0) is 8.97. The molecule has 0 unspecified atom stereocenters. The Morgan fingerprint density at radius 2 is 2.25 bits per heavy atom. The topological polar surface area (TPSA) is 20.2 Å². The lowest BCUT2D eigenvalue weighted by Gasteiger charge is -2.03. The lowest BCUT2D eigenvalue weighted by atomic mass is 10.1. The van der Waals surface area contributed by atoms with Gasteiger partial charge in [0.05, 0.1) is 6.10 Å². The van der Waals surface area contributed by atoms with Gasteiger partial charge in [0.1, 0.15) is 0 Å². The largest absolute Gasteiger partial charge is 0.393 e. The predicted octanol–water partition coefficient (Wildman–Crippen LogP) is 2.65. The Morgan fingerprint density at radius 1 is 1.50 bits per heavy atom. The van der Waals surface area contributed by atoms with Crippen LogP contribution >= 0.6 is 11.6 Å². The van der Waals surface area contributed by atoms with Crippen LogP contribution in [0, 0.1) is 0 Å². The van der Waals surface area contributed by atoms with Crippen LogP contribution in [0.3, 0.4) is 0 Å². The highest BCUT2D eigenvalue weighted by Gasteiger charge is 1.97. The molecular formula is C10H13ClO. The van der Waals surface area contributed by atoms with Crippen molar-refractivity contribution in [2.75, 3.05) is 0 Å². The van der Waals surface area contributed by atoms with Crippen molar-refractivity contribution in [1.82, 2.24) is 0 Å². The second-order valence-corrected chi connectivity index (χ2v) is 3.45. The fraction of sp³-hybridized carbons (Fsp3) is 0.400. The summed E-state index contributed by atoms with van der Waals surface area (Å²) in [5.41, 5.74) is 1.18. The molecule has 0 heterocycles. The van der Waals surface area contributed by atoms with Crippen molar-refractivity contribution >= 4 is 11.6 Å². The number of aliphatic hydroxyl groups excluding tert-OH is 1. The van der Waals surface area contributed by atoms with Gasteiger partial charge in [-0.1, -0.05) is 23.7 Å². The second-order valence-electron chi connectivity index (χ2n) is 3.02. The molecule has 0 amide bonds. The minimum Gasteiger partial charge on any atom is -0.393 e. The van der Waals surface area contributed by atoms with E-state index in [0.717, 1.165) is 17.9 Å². The monoisotopic (exact) mass is 184 g/mol. The summed E-state index contributed by atoms with van der Waals surface area (Å²) in [6.07, 6.45) is 1.45. The standard InChI is InChI=1S/C10H13ClO/c1-8(12)5-6-9-3-2-4-10(11)7-9/h2-4,7-8,12H,5-6H2,1H3/t8-/m1/s1. The van der Waals surface area contributed by atoms with Crippen molar-refractivity contribution in [3.8, 4) is 0 Å². The lowest BCUT2D eigenvalue weighted by molar-refractivity contribution is 0.185. The van der Waals surface area contributed by atoms with Gasteiger partial charge in [-0.2, -0.15) is 0 Å². The molecule has 1 atom stereocenters. The summed E-state index contributed by atoms with van der Waals surface area (Å²) in [6, 6.07) is 7.74. The van der Waals surface area contributed by atoms with Crippen LogP contribution in [0.2, 0.25) is 5.02 Å². The van der Waals surface area contributed by atoms with Crippen molar-refractivity contribution in [1.29, 1.82) is 0 Å². The van der Waals surface area contributed by atoms with E-state index < -0.39 is 0 Å². The number of aryl methyl sites for hydroxylation is 1. The Labute approximate surface area is 78.0 Å². The van der Waals surface area contributed by atoms with E-state index in [-0.39, 0.29) is 6.10 Å². The fourth-order valence-corrected chi connectivity index (χ4v) is 1.28. The van der Waals surface area contributed by atoms with Gasteiger partial charge in [0.15, 0.2) is 0 Å². The number of halogens is 1. The van der Waals surface area contributed by atoms with E-state index in [4.69, 9.17) is 16.7 Å². The molecule has 1 N–H and O–H groups in total. The molecule has 0 spiro atoms. The number of benzene rings is 1. The Hall–Kier alpha value is -0.530. The number of aliphatic hydroxyl groups is 1. The summed E-state index contributed by atoms with van der Waals surface area (Å²) < 4.78 is 0. The Morgan fingerprint density at radius 3 is 2.83 bits per heavy atom. The van der Waals surface area contributed by atoms with Gasteiger partial charge in [0, 0.05) is 5.02 Å². The van der Waals surface area contributed by atoms with Gasteiger partial charge in [-0.25, -0.2) is 0 Å². The molecule has 1 aromatic rings. The Balaban J connectivity index is 2.52. The van der Waals surface area contributed by atoms with E-state index >= 15 is 0 Å². The highest BCUT2D eigenvalue weighted by Crippen LogP contribution is 2.12. The molecule has 66 valence electrons. The van der Waals surface area contributed by atoms with Crippen LogP contribution in [0.4, 0.5) is 0 Å². The van der Waals surface area contributed by atoms with Crippen LogP contribution in [-0.2, 0) is 6.42 Å². The van der Waals surface area contributed by atoms with E-state index in [9.17, 15) is 0 Å². The summed E-state index contributed by atoms with van der Waals surface area (Å²) in [5.74, 6) is 0. The summed E-state index contributed by atoms with van der Waals surface area (Å²) in [5, 5.41) is 9.81. The molecule has 1 aromatic carbocycles. The van der Waals surface area contributed by atoms with Crippen molar-refractivity contribution in [2.45, 2.75) is 25.9 Å². The molecule has 0 aliphatic heterocycles. The van der Waals surface area contributed by atoms with Gasteiger partial charge in [-0.05, 0) is 37.5 Å². The molecule has 0 fully saturated rings. The Kier molecular flexibility index (Phi) is 3.57. The van der Waals surface area contributed by atoms with Crippen LogP contribution in [0.15, 0.2) is 24.3 Å². The first kappa shape index (κ1) is 9.56. The molecule has 0 aromatic heterocycles. The molecule has 1 nitrogen and oxygen atoms in total. The third-order valence-corrected chi connectivity index (χ3v) is 1.97. The molecule has 0 radical (unpaired) electrons. The highest BCUT2D eigenvalue weighted by atomic mass is 35.5. The summed E-state index contributed by atoms with van der Waals surface area (Å²) in [4.78, 5) is 0. The lowest BCUT2D eigenvalue weighted by Crippen LogP contribution is -2.01. The molecule has 0 aliphatic rings. The quantitative estimate of drug-likeness (QED) is 0.766. The van der Waals surface area contributed by atoms with Crippen molar-refractivity contribution < 1.29 is 5.11 Å². The molecule has 0 bridgehead atoms. The van der Waals surface area contributed by atoms with Crippen molar-refractivity contribution in [3.05, 3.63) is 34.9 Å². The molecular weight excluding hydrogens is 172 g/mol. The smallest absolute Gasteiger partial charge is 0.0515 e. The van der Waals surface area contributed by atoms with Crippen LogP contribution in [0.1, 0.15) is 18.9 Å². The van der Waals surface area contributed by atoms with Crippen LogP contribution in [0.5, 0.6) is 0 Å². The molecule has 2 heteroatoms. The molecule has 12 heavy (non-hydrogen) atoms. The molecule has 0 aliphatic carbocycles. The van der Waals surface area contributed by atoms with E-state index in [1.807, 2.05) is 24.3 Å². The predicted molar refractivity (Wildman–Crippen MR) is 51.5 cm³/mol. The van der Waals surface area contributed by atoms with Crippen LogP contribution < -0.4 is 0 Å². The Bertz CT molecular complexity index is 245. The average molecular weight is 185 g/mol. The maximum atomic E-state index is 9.05. The third-order valence-electron chi connectivity index (χ3n) is 1.74. The van der Waals surface area contributed by atoms with Crippen LogP contribution in [-0.4, -0.2) is 11.2 Å². The zero-order valence-corrected chi connectivity index (χ0v) is 7.88. The number of hydrogen-bond acceptors (Lipinski definition) is 1. The average Bonchev–Trinajstić information content (AvgIpc) is 2.01. The van der Waals surface area contributed by atoms with Gasteiger partial charge in [0.25, 0.3) is 0 Å². The van der Waals surface area contributed by atoms with Crippen LogP contribution in [0.25, 0.3) is 0 Å². The minimum absolute atomic E-state index is 0.232. The van der Waals surface area contributed by atoms with E-state index in [2.05, 4.69) is 0 Å². The van der Waals surface area contributed by atoms with E-state index in [1.165, 1.54) is 5.56 Å². The second kappa shape index (κ2) is 4.48. The SMILES string of the molecule is C[C@@H](O)CCc1cccc(Cl)c1. The summed E-state index contributed by atoms with van der Waals surface area (Å²) in [6.45, 7) is 1.80. The third kappa shape index (κ3) is 3.24. The van der Waals surface area contributed by atoms with Gasteiger partial charge in [0.2, 0.25) is 0 Å². The van der Waals surface area contributed by atoms with E-state index in [1.54, 1.807) is 6.92 Å². The van der Waals surface area contributed by atoms with Gasteiger partial charge in [-0.15, -0.1) is 0 Å². The highest BCUT2D eigenvalue weighted by molar-refractivity contribution is 6.30. The maximum absolute atomic E-state index is 9.05. The minimum atomic E-state index is -0.232. The normalized spacial score (nSPS) is 12.9. The van der Waals surface area contributed by atoms with Crippen molar-refractivity contribution in [2.24, 2.45) is 0 Å². The van der Waals surface area contributed by atoms with E-state index in [0.29, 0.717) is 0 Å². The summed E-state index contributed by atoms with van der Waals surface area (Å²) >= 11 is 5.80. The molecule has 1 rings (SSSR count). The van der Waals surface area contributed by atoms with Crippen molar-refractivity contribution in [3.63, 3.8) is 0 Å². The van der Waals surface area contributed by atoms with Gasteiger partial charge < -0.3 is 5.11 Å². The maximum Gasteiger partial charge on any atom is 0.0515 e.